The van der Waals surface area contributed by atoms with Gasteiger partial charge in [0.1, 0.15) is 0 Å². The van der Waals surface area contributed by atoms with E-state index in [2.05, 4.69) is 150 Å². The molecule has 0 aliphatic heterocycles. The van der Waals surface area contributed by atoms with Crippen LogP contribution in [0.1, 0.15) is 0 Å². The first kappa shape index (κ1) is 32.3. The van der Waals surface area contributed by atoms with Crippen LogP contribution in [0.25, 0.3) is 113 Å². The molecule has 4 aromatic heterocycles. The van der Waals surface area contributed by atoms with Crippen LogP contribution in [-0.4, -0.2) is 19.5 Å². The highest BCUT2D eigenvalue weighted by molar-refractivity contribution is 7.27. The molecule has 0 aliphatic rings. The van der Waals surface area contributed by atoms with Gasteiger partial charge in [-0.1, -0.05) is 146 Å². The van der Waals surface area contributed by atoms with Crippen molar-refractivity contribution in [1.29, 1.82) is 0 Å². The Morgan fingerprint density at radius 2 is 0.947 bits per heavy atom. The summed E-state index contributed by atoms with van der Waals surface area (Å²) in [6.07, 6.45) is 0. The van der Waals surface area contributed by atoms with Gasteiger partial charge in [-0.05, 0) is 47.5 Å². The summed E-state index contributed by atoms with van der Waals surface area (Å²) in [6.45, 7) is 0. The van der Waals surface area contributed by atoms with Crippen molar-refractivity contribution in [3.05, 3.63) is 182 Å². The standard InChI is InChI=1S/C51H30N4S2/c1-4-15-31(16-5-1)34-27-28-38(51-53-49(32-17-6-2-7-18-32)52-50(54-51)33-19-8-3-9-20-33)46-37-23-14-25-42(47(37)57-48(34)46)55-41-24-12-10-21-35(41)39-29-40-36-22-11-13-26-44(36)56-45(40)30-43(39)55/h1-30H. The second-order valence-electron chi connectivity index (χ2n) is 14.3. The average Bonchev–Trinajstić information content (AvgIpc) is 3.96. The zero-order valence-electron chi connectivity index (χ0n) is 30.4. The molecule has 0 fully saturated rings. The lowest BCUT2D eigenvalue weighted by Gasteiger charge is -2.12. The van der Waals surface area contributed by atoms with Crippen molar-refractivity contribution in [1.82, 2.24) is 19.5 Å². The minimum Gasteiger partial charge on any atom is -0.308 e. The van der Waals surface area contributed by atoms with Gasteiger partial charge in [-0.25, -0.2) is 15.0 Å². The van der Waals surface area contributed by atoms with Gasteiger partial charge in [0.15, 0.2) is 17.5 Å². The molecule has 0 spiro atoms. The fraction of sp³-hybridized carbons (Fsp3) is 0. The summed E-state index contributed by atoms with van der Waals surface area (Å²) in [5.74, 6) is 1.96. The van der Waals surface area contributed by atoms with E-state index >= 15 is 0 Å². The fourth-order valence-corrected chi connectivity index (χ4v) is 11.0. The second kappa shape index (κ2) is 12.8. The van der Waals surface area contributed by atoms with Gasteiger partial charge in [0, 0.05) is 63.1 Å². The van der Waals surface area contributed by atoms with Gasteiger partial charge in [-0.3, -0.25) is 0 Å². The first-order valence-electron chi connectivity index (χ1n) is 19.0. The van der Waals surface area contributed by atoms with Gasteiger partial charge < -0.3 is 4.57 Å². The molecule has 6 heteroatoms. The van der Waals surface area contributed by atoms with E-state index in [1.807, 2.05) is 59.1 Å². The quantitative estimate of drug-likeness (QED) is 0.175. The Morgan fingerprint density at radius 1 is 0.351 bits per heavy atom. The van der Waals surface area contributed by atoms with E-state index in [-0.39, 0.29) is 0 Å². The number of para-hydroxylation sites is 1. The number of hydrogen-bond acceptors (Lipinski definition) is 5. The predicted octanol–water partition coefficient (Wildman–Crippen LogP) is 14.4. The lowest BCUT2D eigenvalue weighted by Crippen LogP contribution is -2.00. The van der Waals surface area contributed by atoms with Crippen molar-refractivity contribution < 1.29 is 0 Å². The first-order chi connectivity index (χ1) is 28.3. The van der Waals surface area contributed by atoms with E-state index in [1.165, 1.54) is 67.9 Å². The second-order valence-corrected chi connectivity index (χ2v) is 16.4. The topological polar surface area (TPSA) is 43.6 Å². The Hall–Kier alpha value is -6.99. The zero-order valence-corrected chi connectivity index (χ0v) is 32.1. The summed E-state index contributed by atoms with van der Waals surface area (Å²) in [5, 5.41) is 7.46. The van der Waals surface area contributed by atoms with Gasteiger partial charge in [-0.15, -0.1) is 22.7 Å². The number of benzene rings is 8. The largest absolute Gasteiger partial charge is 0.308 e. The molecule has 0 amide bonds. The minimum absolute atomic E-state index is 0.651. The van der Waals surface area contributed by atoms with E-state index in [1.54, 1.807) is 0 Å². The van der Waals surface area contributed by atoms with Crippen LogP contribution in [0.4, 0.5) is 0 Å². The third-order valence-electron chi connectivity index (χ3n) is 11.1. The molecule has 0 saturated carbocycles. The number of fused-ring (bicyclic) bond motifs is 9. The van der Waals surface area contributed by atoms with Crippen molar-refractivity contribution in [2.24, 2.45) is 0 Å². The third kappa shape index (κ3) is 5.08. The van der Waals surface area contributed by atoms with E-state index in [0.717, 1.165) is 27.8 Å². The summed E-state index contributed by atoms with van der Waals surface area (Å²) in [5.41, 5.74) is 8.82. The minimum atomic E-state index is 0.651. The SMILES string of the molecule is c1ccc(-c2nc(-c3ccccc3)nc(-c3ccc(-c4ccccc4)c4sc5c(-n6c7ccccc7c7cc8c(cc76)sc6ccccc68)cccc5c34)n2)cc1. The average molecular weight is 763 g/mol. The lowest BCUT2D eigenvalue weighted by molar-refractivity contribution is 1.08. The van der Waals surface area contributed by atoms with Crippen LogP contribution in [0.3, 0.4) is 0 Å². The molecule has 0 saturated heterocycles. The summed E-state index contributed by atoms with van der Waals surface area (Å²) in [6, 6.07) is 64.7. The molecule has 0 bridgehead atoms. The third-order valence-corrected chi connectivity index (χ3v) is 13.5. The Morgan fingerprint density at radius 3 is 1.68 bits per heavy atom. The van der Waals surface area contributed by atoms with Gasteiger partial charge in [0.2, 0.25) is 0 Å². The van der Waals surface area contributed by atoms with E-state index in [0.29, 0.717) is 17.5 Å². The van der Waals surface area contributed by atoms with Crippen molar-refractivity contribution in [3.8, 4) is 51.0 Å². The van der Waals surface area contributed by atoms with Crippen molar-refractivity contribution in [3.63, 3.8) is 0 Å². The molecule has 0 N–H and O–H groups in total. The zero-order chi connectivity index (χ0) is 37.5. The van der Waals surface area contributed by atoms with Crippen LogP contribution in [-0.2, 0) is 0 Å². The maximum absolute atomic E-state index is 5.22. The monoisotopic (exact) mass is 762 g/mol. The maximum Gasteiger partial charge on any atom is 0.164 e. The number of hydrogen-bond donors (Lipinski definition) is 0. The molecule has 12 aromatic rings. The molecule has 266 valence electrons. The molecule has 0 unspecified atom stereocenters. The molecule has 0 aliphatic carbocycles. The van der Waals surface area contributed by atoms with Crippen LogP contribution < -0.4 is 0 Å². The van der Waals surface area contributed by atoms with E-state index in [4.69, 9.17) is 15.0 Å². The fourth-order valence-electron chi connectivity index (χ4n) is 8.47. The van der Waals surface area contributed by atoms with Crippen molar-refractivity contribution in [2.45, 2.75) is 0 Å². The Labute approximate surface area is 335 Å². The lowest BCUT2D eigenvalue weighted by atomic mass is 9.98. The van der Waals surface area contributed by atoms with Crippen LogP contribution in [0.5, 0.6) is 0 Å². The highest BCUT2D eigenvalue weighted by atomic mass is 32.1. The molecule has 8 aromatic carbocycles. The molecule has 4 nitrogen and oxygen atoms in total. The number of rotatable bonds is 5. The Bertz CT molecular complexity index is 3450. The van der Waals surface area contributed by atoms with Gasteiger partial charge >= 0.3 is 0 Å². The summed E-state index contributed by atoms with van der Waals surface area (Å²) < 4.78 is 7.52. The molecule has 0 atom stereocenters. The van der Waals surface area contributed by atoms with E-state index in [9.17, 15) is 0 Å². The smallest absolute Gasteiger partial charge is 0.164 e. The van der Waals surface area contributed by atoms with E-state index < -0.39 is 0 Å². The van der Waals surface area contributed by atoms with Gasteiger partial charge in [-0.2, -0.15) is 0 Å². The number of thiophene rings is 2. The van der Waals surface area contributed by atoms with Crippen LogP contribution in [0, 0.1) is 0 Å². The highest BCUT2D eigenvalue weighted by Gasteiger charge is 2.23. The maximum atomic E-state index is 5.22. The molecular weight excluding hydrogens is 733 g/mol. The normalized spacial score (nSPS) is 11.9. The van der Waals surface area contributed by atoms with Crippen molar-refractivity contribution in [2.75, 3.05) is 0 Å². The molecule has 0 radical (unpaired) electrons. The van der Waals surface area contributed by atoms with Crippen molar-refractivity contribution >= 4 is 84.8 Å². The summed E-state index contributed by atoms with van der Waals surface area (Å²) in [4.78, 5) is 15.4. The Balaban J connectivity index is 1.17. The van der Waals surface area contributed by atoms with Gasteiger partial charge in [0.25, 0.3) is 0 Å². The number of aromatic nitrogens is 4. The molecule has 4 heterocycles. The van der Waals surface area contributed by atoms with Gasteiger partial charge in [0.05, 0.1) is 21.4 Å². The van der Waals surface area contributed by atoms with Crippen LogP contribution in [0.15, 0.2) is 182 Å². The van der Waals surface area contributed by atoms with Crippen LogP contribution >= 0.6 is 22.7 Å². The van der Waals surface area contributed by atoms with Crippen LogP contribution in [0.2, 0.25) is 0 Å². The summed E-state index contributed by atoms with van der Waals surface area (Å²) in [7, 11) is 0. The summed E-state index contributed by atoms with van der Waals surface area (Å²) >= 11 is 3.72. The number of nitrogens with zero attached hydrogens (tertiary/aromatic N) is 4. The molecular formula is C51H30N4S2. The first-order valence-corrected chi connectivity index (χ1v) is 20.7. The molecule has 57 heavy (non-hydrogen) atoms. The molecule has 12 rings (SSSR count). The Kier molecular flexibility index (Phi) is 7.24. The highest BCUT2D eigenvalue weighted by Crippen LogP contribution is 2.48. The predicted molar refractivity (Wildman–Crippen MR) is 242 cm³/mol.